The molecule has 0 saturated carbocycles. The van der Waals surface area contributed by atoms with E-state index in [1.54, 1.807) is 0 Å². The monoisotopic (exact) mass is 162 g/mol. The number of nitrogens with zero attached hydrogens (tertiary/aromatic N) is 1. The molecule has 1 rings (SSSR count). The zero-order valence-corrected chi connectivity index (χ0v) is 6.60. The van der Waals surface area contributed by atoms with Gasteiger partial charge in [0.15, 0.2) is 0 Å². The summed E-state index contributed by atoms with van der Waals surface area (Å²) in [6.07, 6.45) is 4.11. The van der Waals surface area contributed by atoms with E-state index in [1.807, 2.05) is 4.90 Å². The maximum absolute atomic E-state index is 12.2. The van der Waals surface area contributed by atoms with Gasteiger partial charge < -0.3 is 0 Å². The third-order valence-corrected chi connectivity index (χ3v) is 2.11. The van der Waals surface area contributed by atoms with Crippen molar-refractivity contribution in [3.63, 3.8) is 0 Å². The first-order valence-electron chi connectivity index (χ1n) is 4.06. The van der Waals surface area contributed by atoms with Crippen LogP contribution < -0.4 is 0 Å². The van der Waals surface area contributed by atoms with E-state index in [0.29, 0.717) is 0 Å². The van der Waals surface area contributed by atoms with Crippen LogP contribution in [0.3, 0.4) is 0 Å². The summed E-state index contributed by atoms with van der Waals surface area (Å²) >= 11 is 0. The highest BCUT2D eigenvalue weighted by Crippen LogP contribution is 2.11. The average Bonchev–Trinajstić information content (AvgIpc) is 2.09. The Morgan fingerprint density at radius 2 is 1.73 bits per heavy atom. The molecule has 0 aliphatic carbocycles. The number of likely N-dealkylation sites (tertiary alicyclic amines) is 1. The number of alkyl halides is 2. The summed E-state index contributed by atoms with van der Waals surface area (Å²) < 4.78 is 24.3. The Morgan fingerprint density at radius 3 is 2.18 bits per heavy atom. The minimum atomic E-state index is -0.559. The Bertz CT molecular complexity index is 98.3. The van der Waals surface area contributed by atoms with Crippen LogP contribution in [-0.2, 0) is 0 Å². The van der Waals surface area contributed by atoms with Crippen LogP contribution in [0.25, 0.3) is 0 Å². The maximum Gasteiger partial charge on any atom is 0.107 e. The second kappa shape index (κ2) is 4.65. The van der Waals surface area contributed by atoms with Gasteiger partial charge >= 0.3 is 0 Å². The molecule has 0 amide bonds. The summed E-state index contributed by atoms with van der Waals surface area (Å²) in [4.78, 5) is 1.89. The van der Waals surface area contributed by atoms with Gasteiger partial charge in [0.25, 0.3) is 0 Å². The number of halogens is 2. The predicted molar refractivity (Wildman–Crippen MR) is 40.8 cm³/mol. The molecule has 1 aliphatic rings. The lowest BCUT2D eigenvalue weighted by atomic mass is 10.1. The number of hydrogen-bond donors (Lipinski definition) is 0. The van der Waals surface area contributed by atoms with Crippen molar-refractivity contribution >= 4 is 0 Å². The molecule has 0 bridgehead atoms. The molecule has 1 saturated heterocycles. The fraction of sp³-hybridized carbons (Fsp3) is 0.875. The third kappa shape index (κ3) is 2.40. The van der Waals surface area contributed by atoms with Gasteiger partial charge in [-0.05, 0) is 32.4 Å². The number of piperidine rings is 1. The smallest absolute Gasteiger partial charge is 0.107 e. The van der Waals surface area contributed by atoms with Crippen LogP contribution in [0.1, 0.15) is 12.8 Å². The second-order valence-electron chi connectivity index (χ2n) is 2.86. The van der Waals surface area contributed by atoms with Crippen molar-refractivity contribution in [2.45, 2.75) is 18.9 Å². The van der Waals surface area contributed by atoms with Crippen molar-refractivity contribution < 1.29 is 8.78 Å². The lowest BCUT2D eigenvalue weighted by Gasteiger charge is -2.31. The van der Waals surface area contributed by atoms with Gasteiger partial charge in [-0.25, -0.2) is 8.78 Å². The van der Waals surface area contributed by atoms with E-state index in [9.17, 15) is 8.78 Å². The normalized spacial score (nSPS) is 21.0. The molecule has 0 aromatic carbocycles. The molecule has 0 aromatic rings. The molecule has 0 aromatic heterocycles. The molecule has 3 heteroatoms. The van der Waals surface area contributed by atoms with Gasteiger partial charge in [0.1, 0.15) is 13.3 Å². The highest BCUT2D eigenvalue weighted by molar-refractivity contribution is 4.80. The standard InChI is InChI=1S/C8H14F2N/c9-6-8(7-10)11-4-2-1-3-5-11/h1,8H,2-7H2. The summed E-state index contributed by atoms with van der Waals surface area (Å²) in [5.74, 6) is 0. The number of hydrogen-bond acceptors (Lipinski definition) is 1. The summed E-state index contributed by atoms with van der Waals surface area (Å²) in [6.45, 7) is 0.518. The summed E-state index contributed by atoms with van der Waals surface area (Å²) in [7, 11) is 0. The van der Waals surface area contributed by atoms with Gasteiger partial charge in [0.05, 0.1) is 6.04 Å². The first kappa shape index (κ1) is 8.91. The highest BCUT2D eigenvalue weighted by Gasteiger charge is 2.19. The Morgan fingerprint density at radius 1 is 1.18 bits per heavy atom. The van der Waals surface area contributed by atoms with Crippen LogP contribution >= 0.6 is 0 Å². The van der Waals surface area contributed by atoms with Crippen LogP contribution in [0.4, 0.5) is 8.78 Å². The van der Waals surface area contributed by atoms with Gasteiger partial charge in [0, 0.05) is 0 Å². The van der Waals surface area contributed by atoms with E-state index in [4.69, 9.17) is 0 Å². The minimum Gasteiger partial charge on any atom is -0.295 e. The molecule has 0 unspecified atom stereocenters. The van der Waals surface area contributed by atoms with Crippen molar-refractivity contribution in [1.82, 2.24) is 4.90 Å². The van der Waals surface area contributed by atoms with E-state index < -0.39 is 19.4 Å². The van der Waals surface area contributed by atoms with E-state index in [-0.39, 0.29) is 0 Å². The summed E-state index contributed by atoms with van der Waals surface area (Å²) in [6, 6.07) is -0.483. The predicted octanol–water partition coefficient (Wildman–Crippen LogP) is 1.59. The maximum atomic E-state index is 12.2. The van der Waals surface area contributed by atoms with E-state index >= 15 is 0 Å². The van der Waals surface area contributed by atoms with Gasteiger partial charge in [-0.2, -0.15) is 0 Å². The first-order chi connectivity index (χ1) is 5.38. The largest absolute Gasteiger partial charge is 0.295 e. The molecule has 0 spiro atoms. The Balaban J connectivity index is 2.30. The van der Waals surface area contributed by atoms with Crippen molar-refractivity contribution in [1.29, 1.82) is 0 Å². The number of rotatable bonds is 3. The molecule has 0 atom stereocenters. The van der Waals surface area contributed by atoms with Crippen molar-refractivity contribution in [3.8, 4) is 0 Å². The molecule has 1 radical (unpaired) electrons. The molecule has 11 heavy (non-hydrogen) atoms. The quantitative estimate of drug-likeness (QED) is 0.609. The Hall–Kier alpha value is -0.180. The van der Waals surface area contributed by atoms with Gasteiger partial charge in [-0.15, -0.1) is 0 Å². The van der Waals surface area contributed by atoms with E-state index in [1.165, 1.54) is 0 Å². The topological polar surface area (TPSA) is 3.24 Å². The van der Waals surface area contributed by atoms with Gasteiger partial charge in [0.2, 0.25) is 0 Å². The fourth-order valence-corrected chi connectivity index (χ4v) is 1.37. The van der Waals surface area contributed by atoms with Crippen LogP contribution in [0.15, 0.2) is 0 Å². The van der Waals surface area contributed by atoms with Crippen LogP contribution in [0, 0.1) is 6.42 Å². The van der Waals surface area contributed by atoms with Gasteiger partial charge in [-0.3, -0.25) is 4.90 Å². The molecular formula is C8H14F2N. The highest BCUT2D eigenvalue weighted by atomic mass is 19.1. The molecule has 65 valence electrons. The molecule has 0 N–H and O–H groups in total. The van der Waals surface area contributed by atoms with Crippen molar-refractivity contribution in [3.05, 3.63) is 6.42 Å². The van der Waals surface area contributed by atoms with Crippen LogP contribution in [0.5, 0.6) is 0 Å². The molecule has 1 nitrogen and oxygen atoms in total. The summed E-state index contributed by atoms with van der Waals surface area (Å²) in [5, 5.41) is 0. The van der Waals surface area contributed by atoms with Gasteiger partial charge in [-0.1, -0.05) is 0 Å². The van der Waals surface area contributed by atoms with E-state index in [0.717, 1.165) is 25.9 Å². The lowest BCUT2D eigenvalue weighted by molar-refractivity contribution is 0.128. The SMILES string of the molecule is FCC(CF)N1CC[CH]CC1. The Kier molecular flexibility index (Phi) is 3.77. The van der Waals surface area contributed by atoms with Crippen molar-refractivity contribution in [2.24, 2.45) is 0 Å². The van der Waals surface area contributed by atoms with Crippen LogP contribution in [-0.4, -0.2) is 37.4 Å². The van der Waals surface area contributed by atoms with Crippen molar-refractivity contribution in [2.75, 3.05) is 26.4 Å². The van der Waals surface area contributed by atoms with Crippen LogP contribution in [0.2, 0.25) is 0 Å². The zero-order valence-electron chi connectivity index (χ0n) is 6.60. The average molecular weight is 162 g/mol. The minimum absolute atomic E-state index is 0.483. The molecule has 1 heterocycles. The lowest BCUT2D eigenvalue weighted by Crippen LogP contribution is -2.41. The second-order valence-corrected chi connectivity index (χ2v) is 2.86. The van der Waals surface area contributed by atoms with E-state index in [2.05, 4.69) is 6.42 Å². The zero-order chi connectivity index (χ0) is 8.10. The summed E-state index contributed by atoms with van der Waals surface area (Å²) in [5.41, 5.74) is 0. The fourth-order valence-electron chi connectivity index (χ4n) is 1.37. The molecular weight excluding hydrogens is 148 g/mol. The molecule has 1 aliphatic heterocycles. The Labute approximate surface area is 66.4 Å². The molecule has 1 fully saturated rings. The third-order valence-electron chi connectivity index (χ3n) is 2.11. The first-order valence-corrected chi connectivity index (χ1v) is 4.06.